The lowest BCUT2D eigenvalue weighted by Gasteiger charge is -2.13. The minimum absolute atomic E-state index is 0.0832. The van der Waals surface area contributed by atoms with Crippen LogP contribution >= 0.6 is 0 Å². The van der Waals surface area contributed by atoms with Gasteiger partial charge in [-0.15, -0.1) is 0 Å². The van der Waals surface area contributed by atoms with Crippen LogP contribution in [0.1, 0.15) is 59.9 Å². The van der Waals surface area contributed by atoms with Crippen LogP contribution in [-0.2, 0) is 0 Å². The van der Waals surface area contributed by atoms with Crippen molar-refractivity contribution in [1.29, 1.82) is 0 Å². The highest BCUT2D eigenvalue weighted by molar-refractivity contribution is 5.91. The largest absolute Gasteiger partial charge is 0.351 e. The van der Waals surface area contributed by atoms with Crippen LogP contribution in [0.15, 0.2) is 16.8 Å². The normalized spacial score (nSPS) is 18.7. The Kier molecular flexibility index (Phi) is 3.53. The Bertz CT molecular complexity index is 644. The number of nitrogens with zero attached hydrogens (tertiary/aromatic N) is 3. The van der Waals surface area contributed by atoms with Gasteiger partial charge in [-0.25, -0.2) is 4.98 Å². The maximum absolute atomic E-state index is 12.4. The zero-order chi connectivity index (χ0) is 15.0. The van der Waals surface area contributed by atoms with E-state index in [0.29, 0.717) is 12.3 Å². The van der Waals surface area contributed by atoms with Crippen LogP contribution in [0.4, 0.5) is 0 Å². The summed E-state index contributed by atoms with van der Waals surface area (Å²) in [5.41, 5.74) is 1.86. The molecule has 1 atom stereocenters. The Balaban J connectivity index is 1.69. The second kappa shape index (κ2) is 5.35. The maximum atomic E-state index is 12.4. The third-order valence-corrected chi connectivity index (χ3v) is 3.92. The molecule has 1 aliphatic heterocycles. The van der Waals surface area contributed by atoms with Crippen molar-refractivity contribution in [2.24, 2.45) is 0 Å². The number of nitrogens with one attached hydrogen (secondary N) is 1. The third-order valence-electron chi connectivity index (χ3n) is 3.92. The predicted octanol–water partition coefficient (Wildman–Crippen LogP) is 2.46. The molecule has 0 aliphatic carbocycles. The minimum atomic E-state index is -0.0832. The van der Waals surface area contributed by atoms with E-state index < -0.39 is 0 Å². The smallest absolute Gasteiger partial charge is 0.292 e. The van der Waals surface area contributed by atoms with Gasteiger partial charge in [-0.1, -0.05) is 19.0 Å². The van der Waals surface area contributed by atoms with Crippen LogP contribution in [0.5, 0.6) is 0 Å². The van der Waals surface area contributed by atoms with E-state index >= 15 is 0 Å². The fourth-order valence-electron chi connectivity index (χ4n) is 2.63. The van der Waals surface area contributed by atoms with Crippen molar-refractivity contribution in [2.45, 2.75) is 39.0 Å². The molecule has 0 aromatic carbocycles. The molecule has 0 saturated carbocycles. The number of aromatic amines is 1. The standard InChI is InChI=1S/C15H20N4O2/c1-9(2)12-6-13(21-18-12)15(20)19-5-4-11(8-19)14-16-7-10(3)17-14/h6-7,9,11H,4-5,8H2,1-3H3,(H,16,17). The molecule has 1 amide bonds. The van der Waals surface area contributed by atoms with E-state index in [1.54, 1.807) is 6.07 Å². The molecule has 0 bridgehead atoms. The number of aryl methyl sites for hydroxylation is 1. The second-order valence-electron chi connectivity index (χ2n) is 5.96. The predicted molar refractivity (Wildman–Crippen MR) is 77.2 cm³/mol. The third kappa shape index (κ3) is 2.70. The molecular weight excluding hydrogens is 268 g/mol. The first-order valence-electron chi connectivity index (χ1n) is 7.32. The lowest BCUT2D eigenvalue weighted by atomic mass is 10.1. The fourth-order valence-corrected chi connectivity index (χ4v) is 2.63. The molecule has 3 heterocycles. The molecule has 112 valence electrons. The Labute approximate surface area is 123 Å². The van der Waals surface area contributed by atoms with Crippen LogP contribution in [-0.4, -0.2) is 39.0 Å². The van der Waals surface area contributed by atoms with Gasteiger partial charge in [0.1, 0.15) is 5.82 Å². The molecule has 1 fully saturated rings. The molecule has 3 rings (SSSR count). The van der Waals surface area contributed by atoms with E-state index in [4.69, 9.17) is 4.52 Å². The van der Waals surface area contributed by atoms with Crippen LogP contribution in [0, 0.1) is 6.92 Å². The minimum Gasteiger partial charge on any atom is -0.351 e. The van der Waals surface area contributed by atoms with E-state index in [-0.39, 0.29) is 17.7 Å². The van der Waals surface area contributed by atoms with Crippen molar-refractivity contribution in [1.82, 2.24) is 20.0 Å². The summed E-state index contributed by atoms with van der Waals surface area (Å²) < 4.78 is 5.18. The molecule has 6 heteroatoms. The van der Waals surface area contributed by atoms with Gasteiger partial charge >= 0.3 is 0 Å². The molecule has 6 nitrogen and oxygen atoms in total. The van der Waals surface area contributed by atoms with Crippen molar-refractivity contribution in [3.8, 4) is 0 Å². The first-order chi connectivity index (χ1) is 10.0. The van der Waals surface area contributed by atoms with Gasteiger partial charge < -0.3 is 14.4 Å². The summed E-state index contributed by atoms with van der Waals surface area (Å²) in [5, 5.41) is 3.95. The number of carbonyl (C=O) groups is 1. The van der Waals surface area contributed by atoms with Gasteiger partial charge in [0.05, 0.1) is 5.69 Å². The maximum Gasteiger partial charge on any atom is 0.292 e. The van der Waals surface area contributed by atoms with Gasteiger partial charge in [0.15, 0.2) is 0 Å². The molecule has 1 unspecified atom stereocenters. The van der Waals surface area contributed by atoms with Gasteiger partial charge in [-0.2, -0.15) is 0 Å². The molecule has 1 aliphatic rings. The first kappa shape index (κ1) is 13.9. The summed E-state index contributed by atoms with van der Waals surface area (Å²) >= 11 is 0. The SMILES string of the molecule is Cc1cnc(C2CCN(C(=O)c3cc(C(C)C)no3)C2)[nH]1. The summed E-state index contributed by atoms with van der Waals surface area (Å²) in [5.74, 6) is 1.74. The highest BCUT2D eigenvalue weighted by Gasteiger charge is 2.31. The van der Waals surface area contributed by atoms with Crippen molar-refractivity contribution >= 4 is 5.91 Å². The van der Waals surface area contributed by atoms with Gasteiger partial charge in [0, 0.05) is 37.0 Å². The zero-order valence-electron chi connectivity index (χ0n) is 12.6. The molecular formula is C15H20N4O2. The summed E-state index contributed by atoms with van der Waals surface area (Å²) in [7, 11) is 0. The molecule has 0 radical (unpaired) electrons. The highest BCUT2D eigenvalue weighted by atomic mass is 16.5. The molecule has 2 aromatic rings. The molecule has 0 spiro atoms. The summed E-state index contributed by atoms with van der Waals surface area (Å²) in [4.78, 5) is 21.9. The van der Waals surface area contributed by atoms with Crippen LogP contribution in [0.2, 0.25) is 0 Å². The van der Waals surface area contributed by atoms with E-state index in [0.717, 1.165) is 30.2 Å². The lowest BCUT2D eigenvalue weighted by molar-refractivity contribution is 0.0749. The number of carbonyl (C=O) groups excluding carboxylic acids is 1. The molecule has 1 N–H and O–H groups in total. The van der Waals surface area contributed by atoms with E-state index in [1.165, 1.54) is 0 Å². The quantitative estimate of drug-likeness (QED) is 0.941. The number of aromatic nitrogens is 3. The molecule has 2 aromatic heterocycles. The Morgan fingerprint density at radius 2 is 2.33 bits per heavy atom. The zero-order valence-corrected chi connectivity index (χ0v) is 12.6. The average molecular weight is 288 g/mol. The van der Waals surface area contributed by atoms with Crippen LogP contribution in [0.25, 0.3) is 0 Å². The topological polar surface area (TPSA) is 75.0 Å². The second-order valence-corrected chi connectivity index (χ2v) is 5.96. The Morgan fingerprint density at radius 3 is 2.95 bits per heavy atom. The fraction of sp³-hybridized carbons (Fsp3) is 0.533. The number of likely N-dealkylation sites (tertiary alicyclic amines) is 1. The van der Waals surface area contributed by atoms with Crippen LogP contribution < -0.4 is 0 Å². The van der Waals surface area contributed by atoms with Gasteiger partial charge in [0.2, 0.25) is 5.76 Å². The van der Waals surface area contributed by atoms with Gasteiger partial charge in [-0.3, -0.25) is 4.79 Å². The monoisotopic (exact) mass is 288 g/mol. The van der Waals surface area contributed by atoms with Crippen molar-refractivity contribution in [2.75, 3.05) is 13.1 Å². The number of H-pyrrole nitrogens is 1. The van der Waals surface area contributed by atoms with E-state index in [1.807, 2.05) is 31.9 Å². The highest BCUT2D eigenvalue weighted by Crippen LogP contribution is 2.26. The number of rotatable bonds is 3. The van der Waals surface area contributed by atoms with Crippen molar-refractivity contribution in [3.63, 3.8) is 0 Å². The first-order valence-corrected chi connectivity index (χ1v) is 7.32. The summed E-state index contributed by atoms with van der Waals surface area (Å²) in [6.07, 6.45) is 2.75. The number of hydrogen-bond donors (Lipinski definition) is 1. The number of hydrogen-bond acceptors (Lipinski definition) is 4. The summed E-state index contributed by atoms with van der Waals surface area (Å²) in [6.45, 7) is 7.43. The van der Waals surface area contributed by atoms with E-state index in [2.05, 4.69) is 15.1 Å². The molecule has 21 heavy (non-hydrogen) atoms. The van der Waals surface area contributed by atoms with E-state index in [9.17, 15) is 4.79 Å². The Morgan fingerprint density at radius 1 is 1.52 bits per heavy atom. The van der Waals surface area contributed by atoms with Gasteiger partial charge in [-0.05, 0) is 19.3 Å². The molecule has 1 saturated heterocycles. The number of imidazole rings is 1. The number of amides is 1. The van der Waals surface area contributed by atoms with Crippen LogP contribution in [0.3, 0.4) is 0 Å². The van der Waals surface area contributed by atoms with Crippen molar-refractivity contribution < 1.29 is 9.32 Å². The average Bonchev–Trinajstić information content (AvgIpc) is 3.17. The van der Waals surface area contributed by atoms with Gasteiger partial charge in [0.25, 0.3) is 5.91 Å². The van der Waals surface area contributed by atoms with Crippen molar-refractivity contribution in [3.05, 3.63) is 35.2 Å². The lowest BCUT2D eigenvalue weighted by Crippen LogP contribution is -2.28. The summed E-state index contributed by atoms with van der Waals surface area (Å²) in [6, 6.07) is 1.75. The Hall–Kier alpha value is -2.11.